The van der Waals surface area contributed by atoms with Crippen LogP contribution in [0.4, 0.5) is 5.82 Å². The topological polar surface area (TPSA) is 201 Å². The quantitative estimate of drug-likeness (QED) is 0.205. The van der Waals surface area contributed by atoms with Crippen molar-refractivity contribution >= 4 is 43.5 Å². The van der Waals surface area contributed by atoms with Crippen molar-refractivity contribution in [1.82, 2.24) is 9.97 Å². The molecular weight excluding hydrogens is 516 g/mol. The third-order valence-corrected chi connectivity index (χ3v) is 9.08. The fourth-order valence-corrected chi connectivity index (χ4v) is 6.62. The monoisotopic (exact) mass is 539 g/mol. The van der Waals surface area contributed by atoms with E-state index in [0.29, 0.717) is 35.5 Å². The van der Waals surface area contributed by atoms with Gasteiger partial charge in [0.25, 0.3) is 0 Å². The summed E-state index contributed by atoms with van der Waals surface area (Å²) in [5, 5.41) is 24.8. The number of aromatic nitrogens is 2. The molecule has 0 amide bonds. The molecule has 13 nitrogen and oxygen atoms in total. The predicted octanol–water partition coefficient (Wildman–Crippen LogP) is 0.983. The molecule has 4 rings (SSSR count). The number of aliphatic hydroxyl groups excluding tert-OH is 2. The van der Waals surface area contributed by atoms with E-state index in [1.165, 1.54) is 0 Å². The van der Waals surface area contributed by atoms with Crippen LogP contribution in [0.25, 0.3) is 10.9 Å². The summed E-state index contributed by atoms with van der Waals surface area (Å²) in [6.07, 6.45) is -4.32. The number of rotatable bonds is 8. The molecule has 0 saturated carbocycles. The van der Waals surface area contributed by atoms with Gasteiger partial charge in [0.2, 0.25) is 5.28 Å². The maximum atomic E-state index is 11.9. The summed E-state index contributed by atoms with van der Waals surface area (Å²) in [5.74, 6) is -0.844. The van der Waals surface area contributed by atoms with Gasteiger partial charge in [0, 0.05) is 12.0 Å². The summed E-state index contributed by atoms with van der Waals surface area (Å²) in [7, 11) is -9.45. The zero-order valence-corrected chi connectivity index (χ0v) is 20.1. The molecule has 2 aliphatic rings. The molecule has 1 aromatic carbocycles. The molecule has 1 unspecified atom stereocenters. The lowest BCUT2D eigenvalue weighted by Crippen LogP contribution is -2.33. The van der Waals surface area contributed by atoms with Crippen LogP contribution in [0.15, 0.2) is 18.2 Å². The average molecular weight is 540 g/mol. The van der Waals surface area contributed by atoms with Gasteiger partial charge >= 0.3 is 15.2 Å². The Kier molecular flexibility index (Phi) is 7.64. The lowest BCUT2D eigenvalue weighted by Gasteiger charge is -2.18. The second kappa shape index (κ2) is 10.0. The first-order valence-electron chi connectivity index (χ1n) is 10.3. The Bertz CT molecular complexity index is 1140. The number of benzene rings is 1. The first-order chi connectivity index (χ1) is 15.9. The first kappa shape index (κ1) is 25.9. The highest BCUT2D eigenvalue weighted by Crippen LogP contribution is 2.55. The first-order valence-corrected chi connectivity index (χ1v) is 14.2. The largest absolute Gasteiger partial charge is 0.387 e. The van der Waals surface area contributed by atoms with Gasteiger partial charge in [0.15, 0.2) is 5.90 Å². The van der Waals surface area contributed by atoms with Crippen LogP contribution in [-0.4, -0.2) is 84.9 Å². The number of nitrogens with one attached hydrogen (secondary N) is 1. The lowest BCUT2D eigenvalue weighted by atomic mass is 10.0. The van der Waals surface area contributed by atoms with Gasteiger partial charge in [0.1, 0.15) is 30.2 Å². The number of nitrogens with zero attached hydrogens (tertiary/aromatic N) is 2. The number of halogens is 1. The minimum atomic E-state index is -4.80. The van der Waals surface area contributed by atoms with Gasteiger partial charge in [-0.3, -0.25) is 9.13 Å². The Labute approximate surface area is 198 Å². The van der Waals surface area contributed by atoms with Gasteiger partial charge in [-0.25, -0.2) is 9.97 Å². The van der Waals surface area contributed by atoms with Crippen molar-refractivity contribution in [1.29, 1.82) is 0 Å². The molecule has 2 fully saturated rings. The summed E-state index contributed by atoms with van der Waals surface area (Å²) < 4.78 is 38.6. The summed E-state index contributed by atoms with van der Waals surface area (Å²) in [6.45, 7) is 0.523. The number of hydrogen-bond donors (Lipinski definition) is 6. The standard InChI is InChI=1S/C18H24ClN3O10P2/c19-18-21-12-5-9(1-2-11(12)17(22-18)20-10-3-4-30-6-10)16-15(24)14(23)13(32-16)7-31-34(28,29)8-33(25,26)27/h1-2,5,10,13-16,23-24H,3-4,6-8H2,(H,28,29)(H,20,21,22)(H2,25,26,27)/t10-,13-,14-,15-,16+/m1/s1. The Hall–Kier alpha value is -1.21. The van der Waals surface area contributed by atoms with Crippen molar-refractivity contribution < 1.29 is 48.0 Å². The van der Waals surface area contributed by atoms with E-state index in [1.807, 2.05) is 0 Å². The van der Waals surface area contributed by atoms with Crippen molar-refractivity contribution in [2.75, 3.05) is 31.0 Å². The number of hydrogen-bond acceptors (Lipinski definition) is 10. The highest BCUT2D eigenvalue weighted by Gasteiger charge is 2.45. The zero-order valence-electron chi connectivity index (χ0n) is 17.6. The molecule has 6 atom stereocenters. The molecule has 34 heavy (non-hydrogen) atoms. The number of ether oxygens (including phenoxy) is 2. The molecule has 0 radical (unpaired) electrons. The van der Waals surface area contributed by atoms with Crippen LogP contribution in [0.3, 0.4) is 0 Å². The predicted molar refractivity (Wildman–Crippen MR) is 120 cm³/mol. The fraction of sp³-hybridized carbons (Fsp3) is 0.556. The van der Waals surface area contributed by atoms with Gasteiger partial charge in [-0.1, -0.05) is 6.07 Å². The van der Waals surface area contributed by atoms with Crippen molar-refractivity contribution in [2.24, 2.45) is 0 Å². The highest BCUT2D eigenvalue weighted by molar-refractivity contribution is 7.70. The van der Waals surface area contributed by atoms with Crippen LogP contribution in [0.2, 0.25) is 5.28 Å². The minimum absolute atomic E-state index is 0.00835. The van der Waals surface area contributed by atoms with E-state index < -0.39 is 52.1 Å². The van der Waals surface area contributed by atoms with Crippen LogP contribution in [0, 0.1) is 0 Å². The van der Waals surface area contributed by atoms with Crippen LogP contribution in [0.5, 0.6) is 0 Å². The van der Waals surface area contributed by atoms with Crippen LogP contribution in [-0.2, 0) is 23.1 Å². The fourth-order valence-electron chi connectivity index (χ4n) is 3.87. The van der Waals surface area contributed by atoms with E-state index in [1.54, 1.807) is 18.2 Å². The number of aliphatic hydroxyl groups is 2. The Morgan fingerprint density at radius 1 is 1.18 bits per heavy atom. The maximum absolute atomic E-state index is 11.9. The summed E-state index contributed by atoms with van der Waals surface area (Å²) in [4.78, 5) is 35.9. The molecule has 6 N–H and O–H groups in total. The van der Waals surface area contributed by atoms with Crippen LogP contribution < -0.4 is 5.32 Å². The third kappa shape index (κ3) is 6.13. The Morgan fingerprint density at radius 3 is 2.62 bits per heavy atom. The molecular formula is C18H24ClN3O10P2. The third-order valence-electron chi connectivity index (χ3n) is 5.46. The molecule has 188 valence electrons. The normalized spacial score (nSPS) is 29.4. The summed E-state index contributed by atoms with van der Waals surface area (Å²) >= 11 is 6.09. The molecule has 1 aromatic heterocycles. The Morgan fingerprint density at radius 2 is 1.94 bits per heavy atom. The van der Waals surface area contributed by atoms with Crippen LogP contribution in [0.1, 0.15) is 18.1 Å². The van der Waals surface area contributed by atoms with E-state index in [2.05, 4.69) is 15.3 Å². The zero-order chi connectivity index (χ0) is 24.7. The Balaban J connectivity index is 1.51. The second-order valence-electron chi connectivity index (χ2n) is 8.14. The SMILES string of the molecule is O=P(O)(O)CP(=O)(O)OC[C@H]1O[C@@H](c2ccc3c(N[C@@H]4CCOC4)nc(Cl)nc3c2)[C@H](O)[C@@H]1O. The second-order valence-corrected chi connectivity index (χ2v) is 12.5. The molecule has 2 aliphatic heterocycles. The van der Waals surface area contributed by atoms with E-state index in [9.17, 15) is 24.2 Å². The van der Waals surface area contributed by atoms with Gasteiger partial charge in [-0.15, -0.1) is 0 Å². The van der Waals surface area contributed by atoms with Crippen molar-refractivity contribution in [3.8, 4) is 0 Å². The van der Waals surface area contributed by atoms with Gasteiger partial charge < -0.3 is 44.2 Å². The van der Waals surface area contributed by atoms with Crippen molar-refractivity contribution in [3.05, 3.63) is 29.0 Å². The molecule has 2 saturated heterocycles. The number of fused-ring (bicyclic) bond motifs is 1. The van der Waals surface area contributed by atoms with Gasteiger partial charge in [0.05, 0.1) is 24.8 Å². The smallest absolute Gasteiger partial charge is 0.340 e. The minimum Gasteiger partial charge on any atom is -0.387 e. The van der Waals surface area contributed by atoms with E-state index in [4.69, 9.17) is 35.4 Å². The molecule has 0 aliphatic carbocycles. The molecule has 2 aromatic rings. The van der Waals surface area contributed by atoms with E-state index in [-0.39, 0.29) is 11.3 Å². The van der Waals surface area contributed by atoms with Crippen molar-refractivity contribution in [3.63, 3.8) is 0 Å². The average Bonchev–Trinajstić information content (AvgIpc) is 3.33. The number of anilines is 1. The van der Waals surface area contributed by atoms with E-state index in [0.717, 1.165) is 6.42 Å². The molecule has 0 spiro atoms. The lowest BCUT2D eigenvalue weighted by molar-refractivity contribution is -0.0186. The van der Waals surface area contributed by atoms with Crippen LogP contribution >= 0.6 is 26.8 Å². The highest BCUT2D eigenvalue weighted by atomic mass is 35.5. The maximum Gasteiger partial charge on any atom is 0.340 e. The van der Waals surface area contributed by atoms with E-state index >= 15 is 0 Å². The summed E-state index contributed by atoms with van der Waals surface area (Å²) in [5.41, 5.74) is 0.916. The van der Waals surface area contributed by atoms with Gasteiger partial charge in [-0.2, -0.15) is 0 Å². The molecule has 3 heterocycles. The molecule has 0 bridgehead atoms. The summed E-state index contributed by atoms with van der Waals surface area (Å²) in [6, 6.07) is 5.07. The molecule has 16 heteroatoms. The van der Waals surface area contributed by atoms with Crippen molar-refractivity contribution in [2.45, 2.75) is 36.9 Å². The van der Waals surface area contributed by atoms with Gasteiger partial charge in [-0.05, 0) is 35.7 Å².